The topological polar surface area (TPSA) is 66.9 Å². The van der Waals surface area contributed by atoms with Gasteiger partial charge < -0.3 is 10.6 Å². The van der Waals surface area contributed by atoms with E-state index in [2.05, 4.69) is 15.6 Å². The number of carbonyl (C=O) groups is 1. The summed E-state index contributed by atoms with van der Waals surface area (Å²) in [6, 6.07) is 9.78. The van der Waals surface area contributed by atoms with E-state index in [4.69, 9.17) is 4.98 Å². The van der Waals surface area contributed by atoms with Crippen molar-refractivity contribution < 1.29 is 4.79 Å². The third kappa shape index (κ3) is 4.04. The lowest BCUT2D eigenvalue weighted by Crippen LogP contribution is -2.25. The molecule has 1 aromatic carbocycles. The van der Waals surface area contributed by atoms with Crippen LogP contribution in [-0.2, 0) is 6.54 Å². The van der Waals surface area contributed by atoms with Gasteiger partial charge in [0.15, 0.2) is 0 Å². The van der Waals surface area contributed by atoms with Gasteiger partial charge in [0.25, 0.3) is 5.91 Å². The molecule has 0 saturated heterocycles. The predicted octanol–water partition coefficient (Wildman–Crippen LogP) is 2.57. The minimum Gasteiger partial charge on any atom is -0.346 e. The molecule has 1 amide bonds. The van der Waals surface area contributed by atoms with Crippen LogP contribution in [0.3, 0.4) is 0 Å². The molecule has 0 bridgehead atoms. The van der Waals surface area contributed by atoms with Gasteiger partial charge in [0.2, 0.25) is 0 Å². The van der Waals surface area contributed by atoms with E-state index in [1.807, 2.05) is 37.3 Å². The standard InChI is InChI=1S/C20H24N4O/c1-13-10-21-18(12-23-20(25)15-5-3-2-4-6-15)19(24-13)16-9-17(16)22-11-14-7-8-14/h2-6,10,14,16-17,22H,7-9,11-12H2,1H3,(H,23,25). The number of hydrogen-bond acceptors (Lipinski definition) is 4. The maximum absolute atomic E-state index is 12.3. The molecule has 0 spiro atoms. The van der Waals surface area contributed by atoms with Gasteiger partial charge in [0, 0.05) is 23.7 Å². The quantitative estimate of drug-likeness (QED) is 0.815. The van der Waals surface area contributed by atoms with E-state index < -0.39 is 0 Å². The molecule has 0 radical (unpaired) electrons. The van der Waals surface area contributed by atoms with Crippen LogP contribution in [0.4, 0.5) is 0 Å². The number of benzene rings is 1. The first kappa shape index (κ1) is 16.2. The monoisotopic (exact) mass is 336 g/mol. The molecule has 2 unspecified atom stereocenters. The fourth-order valence-corrected chi connectivity index (χ4v) is 3.17. The first-order valence-electron chi connectivity index (χ1n) is 9.10. The van der Waals surface area contributed by atoms with Crippen LogP contribution in [0.25, 0.3) is 0 Å². The molecule has 2 atom stereocenters. The third-order valence-electron chi connectivity index (χ3n) is 4.96. The lowest BCUT2D eigenvalue weighted by molar-refractivity contribution is 0.0950. The summed E-state index contributed by atoms with van der Waals surface area (Å²) >= 11 is 0. The Hall–Kier alpha value is -2.27. The van der Waals surface area contributed by atoms with Crippen LogP contribution in [0, 0.1) is 12.8 Å². The Morgan fingerprint density at radius 2 is 2.04 bits per heavy atom. The maximum atomic E-state index is 12.3. The van der Waals surface area contributed by atoms with Gasteiger partial charge in [-0.1, -0.05) is 18.2 Å². The second kappa shape index (κ2) is 6.92. The maximum Gasteiger partial charge on any atom is 0.251 e. The molecular formula is C20H24N4O. The SMILES string of the molecule is Cc1cnc(CNC(=O)c2ccccc2)c(C2CC2NCC2CC2)n1. The van der Waals surface area contributed by atoms with Crippen LogP contribution in [-0.4, -0.2) is 28.5 Å². The second-order valence-electron chi connectivity index (χ2n) is 7.19. The Labute approximate surface area is 148 Å². The van der Waals surface area contributed by atoms with Gasteiger partial charge in [-0.05, 0) is 50.8 Å². The second-order valence-corrected chi connectivity index (χ2v) is 7.19. The van der Waals surface area contributed by atoms with Crippen molar-refractivity contribution in [2.45, 2.75) is 44.7 Å². The van der Waals surface area contributed by atoms with Gasteiger partial charge in [0.1, 0.15) is 0 Å². The molecule has 25 heavy (non-hydrogen) atoms. The van der Waals surface area contributed by atoms with Gasteiger partial charge >= 0.3 is 0 Å². The van der Waals surface area contributed by atoms with Crippen LogP contribution in [0.2, 0.25) is 0 Å². The van der Waals surface area contributed by atoms with Crippen LogP contribution in [0.15, 0.2) is 36.5 Å². The van der Waals surface area contributed by atoms with Crippen molar-refractivity contribution in [3.63, 3.8) is 0 Å². The molecule has 4 rings (SSSR count). The molecule has 130 valence electrons. The zero-order valence-corrected chi connectivity index (χ0v) is 14.5. The number of hydrogen-bond donors (Lipinski definition) is 2. The molecule has 1 aromatic heterocycles. The minimum absolute atomic E-state index is 0.0758. The molecule has 2 N–H and O–H groups in total. The first-order valence-corrected chi connectivity index (χ1v) is 9.10. The van der Waals surface area contributed by atoms with E-state index in [0.29, 0.717) is 24.1 Å². The Bertz CT molecular complexity index is 758. The molecule has 5 nitrogen and oxygen atoms in total. The zero-order chi connectivity index (χ0) is 17.2. The molecule has 0 aliphatic heterocycles. The number of nitrogens with zero attached hydrogens (tertiary/aromatic N) is 2. The van der Waals surface area contributed by atoms with Crippen molar-refractivity contribution in [2.24, 2.45) is 5.92 Å². The highest BCUT2D eigenvalue weighted by Gasteiger charge is 2.41. The van der Waals surface area contributed by atoms with Crippen molar-refractivity contribution in [3.8, 4) is 0 Å². The number of aryl methyl sites for hydroxylation is 1. The highest BCUT2D eigenvalue weighted by molar-refractivity contribution is 5.94. The first-order chi connectivity index (χ1) is 12.2. The molecule has 2 aliphatic carbocycles. The molecule has 2 fully saturated rings. The van der Waals surface area contributed by atoms with Crippen molar-refractivity contribution in [2.75, 3.05) is 6.54 Å². The number of nitrogens with one attached hydrogen (secondary N) is 2. The summed E-state index contributed by atoms with van der Waals surface area (Å²) in [4.78, 5) is 21.5. The lowest BCUT2D eigenvalue weighted by atomic mass is 10.2. The van der Waals surface area contributed by atoms with Gasteiger partial charge in [-0.15, -0.1) is 0 Å². The Balaban J connectivity index is 1.40. The predicted molar refractivity (Wildman–Crippen MR) is 96.3 cm³/mol. The highest BCUT2D eigenvalue weighted by atomic mass is 16.1. The van der Waals surface area contributed by atoms with Gasteiger partial charge in [-0.3, -0.25) is 14.8 Å². The minimum atomic E-state index is -0.0758. The summed E-state index contributed by atoms with van der Waals surface area (Å²) in [5.41, 5.74) is 3.53. The van der Waals surface area contributed by atoms with E-state index in [-0.39, 0.29) is 5.91 Å². The van der Waals surface area contributed by atoms with E-state index in [1.54, 1.807) is 6.20 Å². The Kier molecular flexibility index (Phi) is 4.49. The van der Waals surface area contributed by atoms with Crippen molar-refractivity contribution in [1.29, 1.82) is 0 Å². The van der Waals surface area contributed by atoms with Crippen molar-refractivity contribution in [1.82, 2.24) is 20.6 Å². The summed E-state index contributed by atoms with van der Waals surface area (Å²) in [6.07, 6.45) is 5.63. The molecule has 5 heteroatoms. The number of carbonyl (C=O) groups excluding carboxylic acids is 1. The average molecular weight is 336 g/mol. The smallest absolute Gasteiger partial charge is 0.251 e. The fourth-order valence-electron chi connectivity index (χ4n) is 3.17. The number of amides is 1. The Morgan fingerprint density at radius 1 is 1.24 bits per heavy atom. The molecule has 2 saturated carbocycles. The van der Waals surface area contributed by atoms with E-state index >= 15 is 0 Å². The van der Waals surface area contributed by atoms with E-state index in [0.717, 1.165) is 36.0 Å². The molecular weight excluding hydrogens is 312 g/mol. The Morgan fingerprint density at radius 3 is 2.80 bits per heavy atom. The summed E-state index contributed by atoms with van der Waals surface area (Å²) < 4.78 is 0. The lowest BCUT2D eigenvalue weighted by Gasteiger charge is -2.10. The van der Waals surface area contributed by atoms with Crippen LogP contribution in [0.1, 0.15) is 52.6 Å². The highest BCUT2D eigenvalue weighted by Crippen LogP contribution is 2.41. The average Bonchev–Trinajstić information content (AvgIpc) is 3.54. The molecule has 1 heterocycles. The van der Waals surface area contributed by atoms with Gasteiger partial charge in [0.05, 0.1) is 23.6 Å². The van der Waals surface area contributed by atoms with E-state index in [1.165, 1.54) is 12.8 Å². The molecule has 2 aromatic rings. The van der Waals surface area contributed by atoms with Gasteiger partial charge in [-0.25, -0.2) is 0 Å². The van der Waals surface area contributed by atoms with Crippen LogP contribution >= 0.6 is 0 Å². The fraction of sp³-hybridized carbons (Fsp3) is 0.450. The largest absolute Gasteiger partial charge is 0.346 e. The summed E-state index contributed by atoms with van der Waals surface area (Å²) in [5.74, 6) is 1.23. The van der Waals surface area contributed by atoms with E-state index in [9.17, 15) is 4.79 Å². The van der Waals surface area contributed by atoms with Crippen LogP contribution < -0.4 is 10.6 Å². The summed E-state index contributed by atoms with van der Waals surface area (Å²) in [7, 11) is 0. The normalized spacial score (nSPS) is 21.8. The van der Waals surface area contributed by atoms with Crippen LogP contribution in [0.5, 0.6) is 0 Å². The third-order valence-corrected chi connectivity index (χ3v) is 4.96. The molecule has 2 aliphatic rings. The van der Waals surface area contributed by atoms with Gasteiger partial charge in [-0.2, -0.15) is 0 Å². The zero-order valence-electron chi connectivity index (χ0n) is 14.5. The number of rotatable bonds is 7. The summed E-state index contributed by atoms with van der Waals surface area (Å²) in [6.45, 7) is 3.51. The number of aromatic nitrogens is 2. The summed E-state index contributed by atoms with van der Waals surface area (Å²) in [5, 5.41) is 6.62. The van der Waals surface area contributed by atoms with Crippen molar-refractivity contribution >= 4 is 5.91 Å². The van der Waals surface area contributed by atoms with Crippen molar-refractivity contribution in [3.05, 3.63) is 59.2 Å².